The summed E-state index contributed by atoms with van der Waals surface area (Å²) in [4.78, 5) is 15.6. The van der Waals surface area contributed by atoms with Crippen molar-refractivity contribution in [2.45, 2.75) is 20.3 Å². The van der Waals surface area contributed by atoms with Gasteiger partial charge in [-0.15, -0.1) is 0 Å². The summed E-state index contributed by atoms with van der Waals surface area (Å²) in [7, 11) is 0. The van der Waals surface area contributed by atoms with Crippen LogP contribution in [0.4, 0.5) is 5.13 Å². The molecule has 1 aromatic heterocycles. The summed E-state index contributed by atoms with van der Waals surface area (Å²) >= 11 is 1.38. The Balaban J connectivity index is 2.16. The lowest BCUT2D eigenvalue weighted by Crippen LogP contribution is -2.10. The summed E-state index contributed by atoms with van der Waals surface area (Å²) in [5.74, 6) is 0.633. The number of nitrogen functional groups attached to an aromatic ring is 1. The zero-order valence-electron chi connectivity index (χ0n) is 9.77. The maximum atomic E-state index is 11.5. The van der Waals surface area contributed by atoms with Crippen molar-refractivity contribution < 1.29 is 9.53 Å². The van der Waals surface area contributed by atoms with E-state index in [1.165, 1.54) is 11.3 Å². The van der Waals surface area contributed by atoms with Crippen molar-refractivity contribution in [1.29, 1.82) is 0 Å². The van der Waals surface area contributed by atoms with Gasteiger partial charge in [-0.2, -0.15) is 0 Å². The van der Waals surface area contributed by atoms with Crippen molar-refractivity contribution in [3.05, 3.63) is 18.2 Å². The number of rotatable bonds is 3. The zero-order chi connectivity index (χ0) is 12.4. The molecule has 0 spiro atoms. The number of hydrogen-bond acceptors (Lipinski definition) is 5. The van der Waals surface area contributed by atoms with Gasteiger partial charge >= 0.3 is 5.97 Å². The van der Waals surface area contributed by atoms with Crippen LogP contribution in [0.1, 0.15) is 20.3 Å². The molecule has 0 bridgehead atoms. The second kappa shape index (κ2) is 4.71. The Bertz CT molecular complexity index is 548. The first-order valence-corrected chi connectivity index (χ1v) is 6.23. The lowest BCUT2D eigenvalue weighted by molar-refractivity contribution is -0.135. The quantitative estimate of drug-likeness (QED) is 0.672. The molecule has 5 heteroatoms. The molecule has 1 heterocycles. The molecule has 0 aliphatic carbocycles. The van der Waals surface area contributed by atoms with Gasteiger partial charge in [-0.05, 0) is 18.1 Å². The Hall–Kier alpha value is -1.62. The number of anilines is 1. The molecule has 0 atom stereocenters. The fourth-order valence-corrected chi connectivity index (χ4v) is 2.26. The summed E-state index contributed by atoms with van der Waals surface area (Å²) in [5, 5.41) is 0.519. The summed E-state index contributed by atoms with van der Waals surface area (Å²) in [6.07, 6.45) is 0.420. The first-order valence-electron chi connectivity index (χ1n) is 5.41. The van der Waals surface area contributed by atoms with E-state index in [4.69, 9.17) is 10.5 Å². The van der Waals surface area contributed by atoms with E-state index in [-0.39, 0.29) is 5.97 Å². The van der Waals surface area contributed by atoms with Crippen LogP contribution in [0.5, 0.6) is 5.75 Å². The number of hydrogen-bond donors (Lipinski definition) is 1. The highest BCUT2D eigenvalue weighted by Gasteiger charge is 2.09. The Kier molecular flexibility index (Phi) is 3.28. The van der Waals surface area contributed by atoms with Crippen LogP contribution >= 0.6 is 11.3 Å². The third-order valence-electron chi connectivity index (χ3n) is 2.18. The molecule has 4 nitrogen and oxygen atoms in total. The fourth-order valence-electron chi connectivity index (χ4n) is 1.49. The number of aromatic nitrogens is 1. The summed E-state index contributed by atoms with van der Waals surface area (Å²) in [6.45, 7) is 3.96. The molecule has 0 saturated heterocycles. The van der Waals surface area contributed by atoms with Crippen molar-refractivity contribution in [3.8, 4) is 5.75 Å². The van der Waals surface area contributed by atoms with Gasteiger partial charge in [0.15, 0.2) is 5.13 Å². The van der Waals surface area contributed by atoms with Crippen LogP contribution in [0.15, 0.2) is 18.2 Å². The first kappa shape index (κ1) is 11.9. The topological polar surface area (TPSA) is 65.2 Å². The molecule has 0 saturated carbocycles. The smallest absolute Gasteiger partial charge is 0.311 e. The van der Waals surface area contributed by atoms with Gasteiger partial charge in [-0.3, -0.25) is 4.79 Å². The minimum atomic E-state index is -0.211. The Morgan fingerprint density at radius 1 is 1.53 bits per heavy atom. The molecule has 0 fully saturated rings. The Labute approximate surface area is 103 Å². The van der Waals surface area contributed by atoms with E-state index in [0.717, 1.165) is 10.2 Å². The van der Waals surface area contributed by atoms with Crippen molar-refractivity contribution >= 4 is 32.7 Å². The van der Waals surface area contributed by atoms with Crippen LogP contribution < -0.4 is 10.5 Å². The highest BCUT2D eigenvalue weighted by Crippen LogP contribution is 2.27. The molecular formula is C12H14N2O2S. The maximum Gasteiger partial charge on any atom is 0.311 e. The molecule has 0 amide bonds. The molecule has 17 heavy (non-hydrogen) atoms. The van der Waals surface area contributed by atoms with E-state index in [9.17, 15) is 4.79 Å². The summed E-state index contributed by atoms with van der Waals surface area (Å²) in [6, 6.07) is 5.33. The van der Waals surface area contributed by atoms with Crippen molar-refractivity contribution in [1.82, 2.24) is 4.98 Å². The van der Waals surface area contributed by atoms with Crippen LogP contribution in [0.2, 0.25) is 0 Å². The van der Waals surface area contributed by atoms with Gasteiger partial charge in [0.25, 0.3) is 0 Å². The molecule has 90 valence electrons. The minimum Gasteiger partial charge on any atom is -0.426 e. The van der Waals surface area contributed by atoms with Gasteiger partial charge < -0.3 is 10.5 Å². The lowest BCUT2D eigenvalue weighted by Gasteiger charge is -2.05. The van der Waals surface area contributed by atoms with E-state index in [0.29, 0.717) is 23.2 Å². The number of ether oxygens (including phenoxy) is 1. The predicted octanol–water partition coefficient (Wildman–Crippen LogP) is 2.83. The summed E-state index contributed by atoms with van der Waals surface area (Å²) in [5.41, 5.74) is 6.44. The number of nitrogens with two attached hydrogens (primary N) is 1. The van der Waals surface area contributed by atoms with Gasteiger partial charge in [0, 0.05) is 12.5 Å². The van der Waals surface area contributed by atoms with Crippen LogP contribution in [0.25, 0.3) is 10.2 Å². The number of esters is 1. The molecule has 0 aliphatic rings. The monoisotopic (exact) mass is 250 g/mol. The van der Waals surface area contributed by atoms with E-state index >= 15 is 0 Å². The van der Waals surface area contributed by atoms with E-state index in [2.05, 4.69) is 4.98 Å². The lowest BCUT2D eigenvalue weighted by atomic mass is 10.1. The second-order valence-electron chi connectivity index (χ2n) is 4.25. The standard InChI is InChI=1S/C12H14N2O2S/c1-7(2)5-11(15)16-8-3-4-9-10(6-8)17-12(13)14-9/h3-4,6-7H,5H2,1-2H3,(H2,13,14). The highest BCUT2D eigenvalue weighted by molar-refractivity contribution is 7.22. The normalized spacial score (nSPS) is 11.0. The SMILES string of the molecule is CC(C)CC(=O)Oc1ccc2nc(N)sc2c1. The molecule has 2 rings (SSSR count). The van der Waals surface area contributed by atoms with Crippen molar-refractivity contribution in [2.24, 2.45) is 5.92 Å². The first-order chi connectivity index (χ1) is 8.04. The molecule has 1 aromatic carbocycles. The average Bonchev–Trinajstić information content (AvgIpc) is 2.55. The minimum absolute atomic E-state index is 0.211. The molecular weight excluding hydrogens is 236 g/mol. The molecule has 2 aromatic rings. The van der Waals surface area contributed by atoms with Gasteiger partial charge in [-0.25, -0.2) is 4.98 Å². The number of thiazole rings is 1. The van der Waals surface area contributed by atoms with Crippen molar-refractivity contribution in [2.75, 3.05) is 5.73 Å². The zero-order valence-corrected chi connectivity index (χ0v) is 10.6. The summed E-state index contributed by atoms with van der Waals surface area (Å²) < 4.78 is 6.17. The van der Waals surface area contributed by atoms with Gasteiger partial charge in [0.2, 0.25) is 0 Å². The molecule has 0 unspecified atom stereocenters. The van der Waals surface area contributed by atoms with Crippen molar-refractivity contribution in [3.63, 3.8) is 0 Å². The largest absolute Gasteiger partial charge is 0.426 e. The number of fused-ring (bicyclic) bond motifs is 1. The Morgan fingerprint density at radius 3 is 3.00 bits per heavy atom. The molecule has 2 N–H and O–H groups in total. The maximum absolute atomic E-state index is 11.5. The predicted molar refractivity (Wildman–Crippen MR) is 69.1 cm³/mol. The van der Waals surface area contributed by atoms with Crippen LogP contribution in [-0.4, -0.2) is 11.0 Å². The number of nitrogens with zero attached hydrogens (tertiary/aromatic N) is 1. The Morgan fingerprint density at radius 2 is 2.29 bits per heavy atom. The van der Waals surface area contributed by atoms with Crippen LogP contribution in [0, 0.1) is 5.92 Å². The van der Waals surface area contributed by atoms with Gasteiger partial charge in [0.1, 0.15) is 5.75 Å². The highest BCUT2D eigenvalue weighted by atomic mass is 32.1. The third kappa shape index (κ3) is 2.94. The van der Waals surface area contributed by atoms with Gasteiger partial charge in [0.05, 0.1) is 10.2 Å². The molecule has 0 aliphatic heterocycles. The van der Waals surface area contributed by atoms with Gasteiger partial charge in [-0.1, -0.05) is 25.2 Å². The van der Waals surface area contributed by atoms with E-state index in [1.807, 2.05) is 13.8 Å². The van der Waals surface area contributed by atoms with E-state index in [1.54, 1.807) is 18.2 Å². The fraction of sp³-hybridized carbons (Fsp3) is 0.333. The third-order valence-corrected chi connectivity index (χ3v) is 3.03. The second-order valence-corrected chi connectivity index (χ2v) is 5.32. The van der Waals surface area contributed by atoms with Crippen LogP contribution in [0.3, 0.4) is 0 Å². The number of benzene rings is 1. The van der Waals surface area contributed by atoms with Crippen LogP contribution in [-0.2, 0) is 4.79 Å². The number of carbonyl (C=O) groups is 1. The average molecular weight is 250 g/mol. The van der Waals surface area contributed by atoms with E-state index < -0.39 is 0 Å². The molecule has 0 radical (unpaired) electrons. The number of carbonyl (C=O) groups excluding carboxylic acids is 1.